The summed E-state index contributed by atoms with van der Waals surface area (Å²) in [6.45, 7) is 6.98. The maximum absolute atomic E-state index is 13.2. The number of hydrogen-bond acceptors (Lipinski definition) is 6. The molecule has 1 aliphatic carbocycles. The highest BCUT2D eigenvalue weighted by Gasteiger charge is 2.41. The Balaban J connectivity index is 1.11. The van der Waals surface area contributed by atoms with Gasteiger partial charge >= 0.3 is 0 Å². The maximum Gasteiger partial charge on any atom is 0.255 e. The van der Waals surface area contributed by atoms with Crippen molar-refractivity contribution in [2.75, 3.05) is 51.3 Å². The number of rotatable bonds is 4. The quantitative estimate of drug-likeness (QED) is 0.692. The van der Waals surface area contributed by atoms with Gasteiger partial charge < -0.3 is 24.8 Å². The second kappa shape index (κ2) is 9.97. The summed E-state index contributed by atoms with van der Waals surface area (Å²) in [4.78, 5) is 37.4. The van der Waals surface area contributed by atoms with Crippen molar-refractivity contribution >= 4 is 17.6 Å². The summed E-state index contributed by atoms with van der Waals surface area (Å²) < 4.78 is 5.77. The van der Waals surface area contributed by atoms with Crippen LogP contribution < -0.4 is 15.0 Å². The van der Waals surface area contributed by atoms with E-state index >= 15 is 0 Å². The smallest absolute Gasteiger partial charge is 0.255 e. The molecule has 2 saturated heterocycles. The highest BCUT2D eigenvalue weighted by atomic mass is 16.5. The van der Waals surface area contributed by atoms with E-state index in [0.29, 0.717) is 24.1 Å². The Morgan fingerprint density at radius 2 is 1.89 bits per heavy atom. The number of hydrogen-bond donors (Lipinski definition) is 1. The lowest BCUT2D eigenvalue weighted by molar-refractivity contribution is 0.0663. The first kappa shape index (κ1) is 24.2. The molecule has 3 atom stereocenters. The number of piperidine rings is 1. The van der Waals surface area contributed by atoms with Crippen molar-refractivity contribution in [3.8, 4) is 5.75 Å². The van der Waals surface area contributed by atoms with Crippen LogP contribution in [0.2, 0.25) is 0 Å². The fourth-order valence-electron chi connectivity index (χ4n) is 6.68. The fraction of sp³-hybridized carbons (Fsp3) is 0.552. The van der Waals surface area contributed by atoms with E-state index in [1.807, 2.05) is 36.1 Å². The van der Waals surface area contributed by atoms with Crippen LogP contribution in [-0.4, -0.2) is 85.1 Å². The number of aromatic nitrogens is 1. The molecule has 8 nitrogen and oxygen atoms in total. The van der Waals surface area contributed by atoms with E-state index in [0.717, 1.165) is 81.1 Å². The number of piperazine rings is 1. The number of ether oxygens (including phenoxy) is 1. The molecule has 1 saturated carbocycles. The number of pyridine rings is 1. The number of carbonyl (C=O) groups is 2. The molecule has 4 aliphatic rings. The van der Waals surface area contributed by atoms with E-state index in [1.165, 1.54) is 12.0 Å². The third kappa shape index (κ3) is 4.67. The minimum atomic E-state index is -0.00380. The maximum atomic E-state index is 13.2. The molecular weight excluding hydrogens is 466 g/mol. The van der Waals surface area contributed by atoms with Crippen molar-refractivity contribution in [3.05, 3.63) is 52.7 Å². The molecule has 37 heavy (non-hydrogen) atoms. The molecule has 4 heterocycles. The lowest BCUT2D eigenvalue weighted by Gasteiger charge is -2.38. The largest absolute Gasteiger partial charge is 0.493 e. The number of benzene rings is 1. The number of amides is 2. The van der Waals surface area contributed by atoms with Gasteiger partial charge in [0.2, 0.25) is 0 Å². The molecule has 0 radical (unpaired) electrons. The van der Waals surface area contributed by atoms with Crippen LogP contribution in [0.4, 0.5) is 5.82 Å². The number of fused-ring (bicyclic) bond motifs is 2. The molecular formula is C29H37N5O3. The first-order valence-electron chi connectivity index (χ1n) is 13.7. The second-order valence-corrected chi connectivity index (χ2v) is 11.1. The summed E-state index contributed by atoms with van der Waals surface area (Å²) in [6, 6.07) is 8.42. The molecule has 1 aromatic heterocycles. The zero-order chi connectivity index (χ0) is 25.5. The zero-order valence-corrected chi connectivity index (χ0v) is 21.9. The Hall–Kier alpha value is -3.13. The molecule has 3 aliphatic heterocycles. The lowest BCUT2D eigenvalue weighted by atomic mass is 9.92. The zero-order valence-electron chi connectivity index (χ0n) is 21.9. The van der Waals surface area contributed by atoms with Gasteiger partial charge in [0.25, 0.3) is 11.8 Å². The van der Waals surface area contributed by atoms with Crippen molar-refractivity contribution in [2.24, 2.45) is 5.92 Å². The molecule has 3 fully saturated rings. The Morgan fingerprint density at radius 1 is 1.05 bits per heavy atom. The number of nitrogens with zero attached hydrogens (tertiary/aromatic N) is 4. The number of anilines is 1. The molecule has 1 aromatic carbocycles. The van der Waals surface area contributed by atoms with Gasteiger partial charge in [-0.2, -0.15) is 0 Å². The van der Waals surface area contributed by atoms with Crippen molar-refractivity contribution in [2.45, 2.75) is 51.1 Å². The summed E-state index contributed by atoms with van der Waals surface area (Å²) >= 11 is 0. The number of nitrogens with one attached hydrogen (secondary N) is 1. The molecule has 0 spiro atoms. The first-order chi connectivity index (χ1) is 18.0. The monoisotopic (exact) mass is 503 g/mol. The first-order valence-corrected chi connectivity index (χ1v) is 13.7. The number of likely N-dealkylation sites (N-methyl/N-ethyl adjacent to an activating group) is 1. The van der Waals surface area contributed by atoms with Gasteiger partial charge in [-0.05, 0) is 69.3 Å². The van der Waals surface area contributed by atoms with Crippen LogP contribution in [0.15, 0.2) is 30.5 Å². The van der Waals surface area contributed by atoms with Gasteiger partial charge in [-0.25, -0.2) is 4.98 Å². The van der Waals surface area contributed by atoms with Crippen LogP contribution in [-0.2, 0) is 6.42 Å². The van der Waals surface area contributed by atoms with Crippen LogP contribution in [0, 0.1) is 12.8 Å². The van der Waals surface area contributed by atoms with Gasteiger partial charge in [0.15, 0.2) is 0 Å². The standard InChI is InChI=1S/C29H37N5O3/c1-19-24(7-5-20-9-15-37-27(19)20)28(35)31-23-16-21-4-3-10-34(25(21)17-23)26-8-6-22(18-30-26)29(36)33-13-11-32(2)12-14-33/h5-8,18,21,23,25H,3-4,9-17H2,1-2H3,(H,31,35). The van der Waals surface area contributed by atoms with Crippen molar-refractivity contribution < 1.29 is 14.3 Å². The number of carbonyl (C=O) groups excluding carboxylic acids is 2. The van der Waals surface area contributed by atoms with E-state index in [2.05, 4.69) is 22.2 Å². The minimum absolute atomic E-state index is 0.00380. The molecule has 0 bridgehead atoms. The molecule has 2 aromatic rings. The average molecular weight is 504 g/mol. The fourth-order valence-corrected chi connectivity index (χ4v) is 6.68. The lowest BCUT2D eigenvalue weighted by Crippen LogP contribution is -2.47. The third-order valence-electron chi connectivity index (χ3n) is 8.80. The summed E-state index contributed by atoms with van der Waals surface area (Å²) in [6.07, 6.45) is 6.87. The second-order valence-electron chi connectivity index (χ2n) is 11.1. The van der Waals surface area contributed by atoms with Crippen molar-refractivity contribution in [1.82, 2.24) is 20.1 Å². The Morgan fingerprint density at radius 3 is 2.68 bits per heavy atom. The Bertz CT molecular complexity index is 1170. The topological polar surface area (TPSA) is 78.0 Å². The van der Waals surface area contributed by atoms with Gasteiger partial charge in [-0.3, -0.25) is 9.59 Å². The summed E-state index contributed by atoms with van der Waals surface area (Å²) in [7, 11) is 2.09. The van der Waals surface area contributed by atoms with Gasteiger partial charge in [-0.15, -0.1) is 0 Å². The average Bonchev–Trinajstić information content (AvgIpc) is 3.56. The minimum Gasteiger partial charge on any atom is -0.493 e. The Kier molecular flexibility index (Phi) is 6.53. The van der Waals surface area contributed by atoms with Crippen LogP contribution in [0.3, 0.4) is 0 Å². The van der Waals surface area contributed by atoms with Gasteiger partial charge in [0.05, 0.1) is 12.2 Å². The van der Waals surface area contributed by atoms with E-state index < -0.39 is 0 Å². The molecule has 3 unspecified atom stereocenters. The van der Waals surface area contributed by atoms with Crippen molar-refractivity contribution in [1.29, 1.82) is 0 Å². The summed E-state index contributed by atoms with van der Waals surface area (Å²) in [5.41, 5.74) is 3.52. The summed E-state index contributed by atoms with van der Waals surface area (Å²) in [5, 5.41) is 3.32. The predicted octanol–water partition coefficient (Wildman–Crippen LogP) is 2.89. The van der Waals surface area contributed by atoms with Crippen LogP contribution >= 0.6 is 0 Å². The van der Waals surface area contributed by atoms with Crippen LogP contribution in [0.1, 0.15) is 57.5 Å². The normalized spacial score (nSPS) is 25.4. The molecule has 8 heteroatoms. The van der Waals surface area contributed by atoms with Crippen molar-refractivity contribution in [3.63, 3.8) is 0 Å². The van der Waals surface area contributed by atoms with E-state index in [9.17, 15) is 9.59 Å². The van der Waals surface area contributed by atoms with E-state index in [-0.39, 0.29) is 17.9 Å². The molecule has 196 valence electrons. The van der Waals surface area contributed by atoms with Crippen LogP contribution in [0.25, 0.3) is 0 Å². The van der Waals surface area contributed by atoms with E-state index in [4.69, 9.17) is 9.72 Å². The van der Waals surface area contributed by atoms with Crippen LogP contribution in [0.5, 0.6) is 5.75 Å². The third-order valence-corrected chi connectivity index (χ3v) is 8.80. The van der Waals surface area contributed by atoms with Gasteiger partial charge in [0.1, 0.15) is 11.6 Å². The molecule has 2 amide bonds. The predicted molar refractivity (Wildman–Crippen MR) is 142 cm³/mol. The van der Waals surface area contributed by atoms with E-state index in [1.54, 1.807) is 6.20 Å². The Labute approximate surface area is 219 Å². The highest BCUT2D eigenvalue weighted by molar-refractivity contribution is 5.97. The molecule has 1 N–H and O–H groups in total. The van der Waals surface area contributed by atoms with Gasteiger partial charge in [-0.1, -0.05) is 6.07 Å². The van der Waals surface area contributed by atoms with Gasteiger partial charge in [0, 0.05) is 68.6 Å². The molecule has 6 rings (SSSR count). The SMILES string of the molecule is Cc1c(C(=O)NC2CC3CCCN(c4ccc(C(=O)N5CCN(C)CC5)cn4)C3C2)ccc2c1OCC2. The highest BCUT2D eigenvalue weighted by Crippen LogP contribution is 2.39. The summed E-state index contributed by atoms with van der Waals surface area (Å²) in [5.74, 6) is 2.43.